The molecule has 1 rings (SSSR count). The third-order valence-electron chi connectivity index (χ3n) is 2.92. The first kappa shape index (κ1) is 15.5. The van der Waals surface area contributed by atoms with E-state index in [4.69, 9.17) is 4.74 Å². The molecule has 0 bridgehead atoms. The van der Waals surface area contributed by atoms with Crippen molar-refractivity contribution in [1.29, 1.82) is 0 Å². The molecule has 0 aromatic heterocycles. The summed E-state index contributed by atoms with van der Waals surface area (Å²) in [6.07, 6.45) is 0.451. The molecule has 1 aromatic rings. The van der Waals surface area contributed by atoms with Crippen LogP contribution in [0.5, 0.6) is 5.75 Å². The SMILES string of the molecule is CCCNC(=O)C(C)Oc1ccccc1C(C)(C)C. The van der Waals surface area contributed by atoms with Gasteiger partial charge in [-0.15, -0.1) is 0 Å². The quantitative estimate of drug-likeness (QED) is 0.885. The van der Waals surface area contributed by atoms with Crippen molar-refractivity contribution in [1.82, 2.24) is 5.32 Å². The summed E-state index contributed by atoms with van der Waals surface area (Å²) in [6.45, 7) is 10.9. The molecule has 0 spiro atoms. The standard InChI is InChI=1S/C16H25NO2/c1-6-11-17-15(18)12(2)19-14-10-8-7-9-13(14)16(3,4)5/h7-10,12H,6,11H2,1-5H3,(H,17,18). The summed E-state index contributed by atoms with van der Waals surface area (Å²) in [7, 11) is 0. The lowest BCUT2D eigenvalue weighted by molar-refractivity contribution is -0.127. The molecule has 1 N–H and O–H groups in total. The Hall–Kier alpha value is -1.51. The minimum absolute atomic E-state index is 0.00376. The van der Waals surface area contributed by atoms with Gasteiger partial charge in [0.1, 0.15) is 5.75 Å². The smallest absolute Gasteiger partial charge is 0.260 e. The number of nitrogens with one attached hydrogen (secondary N) is 1. The molecule has 0 radical (unpaired) electrons. The topological polar surface area (TPSA) is 38.3 Å². The van der Waals surface area contributed by atoms with Crippen molar-refractivity contribution in [2.45, 2.75) is 52.6 Å². The van der Waals surface area contributed by atoms with Crippen molar-refractivity contribution in [3.63, 3.8) is 0 Å². The van der Waals surface area contributed by atoms with E-state index in [0.717, 1.165) is 17.7 Å². The van der Waals surface area contributed by atoms with Crippen molar-refractivity contribution in [3.8, 4) is 5.75 Å². The van der Waals surface area contributed by atoms with Crippen LogP contribution in [0.1, 0.15) is 46.6 Å². The van der Waals surface area contributed by atoms with Crippen molar-refractivity contribution < 1.29 is 9.53 Å². The van der Waals surface area contributed by atoms with Crippen molar-refractivity contribution in [2.24, 2.45) is 0 Å². The summed E-state index contributed by atoms with van der Waals surface area (Å²) in [6, 6.07) is 7.90. The Kier molecular flexibility index (Phi) is 5.40. The summed E-state index contributed by atoms with van der Waals surface area (Å²) >= 11 is 0. The third kappa shape index (κ3) is 4.58. The molecule has 3 nitrogen and oxygen atoms in total. The third-order valence-corrected chi connectivity index (χ3v) is 2.92. The van der Waals surface area contributed by atoms with Crippen LogP contribution in [0.15, 0.2) is 24.3 Å². The number of hydrogen-bond donors (Lipinski definition) is 1. The van der Waals surface area contributed by atoms with Crippen molar-refractivity contribution >= 4 is 5.91 Å². The van der Waals surface area contributed by atoms with Crippen molar-refractivity contribution in [2.75, 3.05) is 6.54 Å². The number of carbonyl (C=O) groups excluding carboxylic acids is 1. The predicted octanol–water partition coefficient (Wildman–Crippen LogP) is 3.28. The lowest BCUT2D eigenvalue weighted by Crippen LogP contribution is -2.37. The maximum atomic E-state index is 11.8. The first-order chi connectivity index (χ1) is 8.86. The Morgan fingerprint density at radius 2 is 1.95 bits per heavy atom. The average Bonchev–Trinajstić information content (AvgIpc) is 2.35. The maximum Gasteiger partial charge on any atom is 0.260 e. The summed E-state index contributed by atoms with van der Waals surface area (Å²) in [5.41, 5.74) is 1.11. The fourth-order valence-electron chi connectivity index (χ4n) is 1.82. The van der Waals surface area contributed by atoms with Gasteiger partial charge in [-0.25, -0.2) is 0 Å². The molecule has 1 unspecified atom stereocenters. The number of carbonyl (C=O) groups is 1. The highest BCUT2D eigenvalue weighted by Gasteiger charge is 2.21. The number of para-hydroxylation sites is 1. The van der Waals surface area contributed by atoms with Crippen LogP contribution in [0.2, 0.25) is 0 Å². The van der Waals surface area contributed by atoms with Crippen LogP contribution < -0.4 is 10.1 Å². The van der Waals surface area contributed by atoms with Gasteiger partial charge in [-0.2, -0.15) is 0 Å². The Morgan fingerprint density at radius 3 is 2.53 bits per heavy atom. The molecule has 0 saturated heterocycles. The summed E-state index contributed by atoms with van der Waals surface area (Å²) in [5.74, 6) is 0.722. The van der Waals surface area contributed by atoms with Crippen LogP contribution >= 0.6 is 0 Å². The van der Waals surface area contributed by atoms with E-state index >= 15 is 0 Å². The molecule has 1 amide bonds. The van der Waals surface area contributed by atoms with E-state index in [1.807, 2.05) is 31.2 Å². The van der Waals surface area contributed by atoms with E-state index in [1.54, 1.807) is 6.92 Å². The minimum Gasteiger partial charge on any atom is -0.481 e. The Bertz CT molecular complexity index is 421. The van der Waals surface area contributed by atoms with E-state index in [2.05, 4.69) is 26.1 Å². The highest BCUT2D eigenvalue weighted by molar-refractivity contribution is 5.80. The predicted molar refractivity (Wildman–Crippen MR) is 78.5 cm³/mol. The molecule has 0 fully saturated rings. The van der Waals surface area contributed by atoms with Gasteiger partial charge in [-0.3, -0.25) is 4.79 Å². The number of ether oxygens (including phenoxy) is 1. The van der Waals surface area contributed by atoms with Gasteiger partial charge in [0.05, 0.1) is 0 Å². The molecule has 3 heteroatoms. The maximum absolute atomic E-state index is 11.8. The van der Waals surface area contributed by atoms with Gasteiger partial charge in [-0.05, 0) is 30.4 Å². The second kappa shape index (κ2) is 6.60. The molecule has 0 aliphatic rings. The number of amides is 1. The van der Waals surface area contributed by atoms with Gasteiger partial charge >= 0.3 is 0 Å². The molecule has 0 saturated carbocycles. The molecule has 0 aliphatic heterocycles. The zero-order chi connectivity index (χ0) is 14.5. The monoisotopic (exact) mass is 263 g/mol. The Labute approximate surface area is 116 Å². The molecule has 0 aliphatic carbocycles. The Balaban J connectivity index is 2.80. The lowest BCUT2D eigenvalue weighted by atomic mass is 9.86. The molecule has 19 heavy (non-hydrogen) atoms. The van der Waals surface area contributed by atoms with E-state index in [0.29, 0.717) is 6.54 Å². The van der Waals surface area contributed by atoms with Gasteiger partial charge in [0, 0.05) is 6.54 Å². The van der Waals surface area contributed by atoms with Crippen molar-refractivity contribution in [3.05, 3.63) is 29.8 Å². The largest absolute Gasteiger partial charge is 0.481 e. The minimum atomic E-state index is -0.477. The average molecular weight is 263 g/mol. The summed E-state index contributed by atoms with van der Waals surface area (Å²) in [5, 5.41) is 2.85. The van der Waals surface area contributed by atoms with Gasteiger partial charge in [-0.1, -0.05) is 45.9 Å². The summed E-state index contributed by atoms with van der Waals surface area (Å²) in [4.78, 5) is 11.8. The van der Waals surface area contributed by atoms with Crippen LogP contribution in [-0.4, -0.2) is 18.6 Å². The zero-order valence-electron chi connectivity index (χ0n) is 12.6. The van der Waals surface area contributed by atoms with E-state index in [-0.39, 0.29) is 11.3 Å². The molecular formula is C16H25NO2. The first-order valence-corrected chi connectivity index (χ1v) is 6.90. The van der Waals surface area contributed by atoms with Crippen LogP contribution in [0.4, 0.5) is 0 Å². The van der Waals surface area contributed by atoms with Gasteiger partial charge < -0.3 is 10.1 Å². The van der Waals surface area contributed by atoms with E-state index < -0.39 is 6.10 Å². The van der Waals surface area contributed by atoms with Crippen LogP contribution in [-0.2, 0) is 10.2 Å². The van der Waals surface area contributed by atoms with Gasteiger partial charge in [0.2, 0.25) is 0 Å². The molecule has 1 atom stereocenters. The highest BCUT2D eigenvalue weighted by atomic mass is 16.5. The fourth-order valence-corrected chi connectivity index (χ4v) is 1.82. The lowest BCUT2D eigenvalue weighted by Gasteiger charge is -2.24. The van der Waals surface area contributed by atoms with E-state index in [9.17, 15) is 4.79 Å². The number of hydrogen-bond acceptors (Lipinski definition) is 2. The van der Waals surface area contributed by atoms with Crippen LogP contribution in [0, 0.1) is 0 Å². The summed E-state index contributed by atoms with van der Waals surface area (Å²) < 4.78 is 5.82. The molecule has 106 valence electrons. The zero-order valence-corrected chi connectivity index (χ0v) is 12.6. The second-order valence-corrected chi connectivity index (χ2v) is 5.80. The fraction of sp³-hybridized carbons (Fsp3) is 0.562. The molecular weight excluding hydrogens is 238 g/mol. The molecule has 0 heterocycles. The van der Waals surface area contributed by atoms with Crippen LogP contribution in [0.25, 0.3) is 0 Å². The van der Waals surface area contributed by atoms with Gasteiger partial charge in [0.15, 0.2) is 6.10 Å². The number of rotatable bonds is 5. The normalized spacial score (nSPS) is 12.9. The first-order valence-electron chi connectivity index (χ1n) is 6.90. The highest BCUT2D eigenvalue weighted by Crippen LogP contribution is 2.31. The molecule has 1 aromatic carbocycles. The van der Waals surface area contributed by atoms with Crippen LogP contribution in [0.3, 0.4) is 0 Å². The number of benzene rings is 1. The van der Waals surface area contributed by atoms with Gasteiger partial charge in [0.25, 0.3) is 5.91 Å². The Morgan fingerprint density at radius 1 is 1.32 bits per heavy atom. The second-order valence-electron chi connectivity index (χ2n) is 5.80. The van der Waals surface area contributed by atoms with E-state index in [1.165, 1.54) is 0 Å².